The van der Waals surface area contributed by atoms with Gasteiger partial charge in [-0.15, -0.1) is 0 Å². The van der Waals surface area contributed by atoms with Crippen molar-refractivity contribution in [1.29, 1.82) is 0 Å². The summed E-state index contributed by atoms with van der Waals surface area (Å²) in [5.74, 6) is 2.83. The summed E-state index contributed by atoms with van der Waals surface area (Å²) in [5.41, 5.74) is 6.05. The molecule has 170 valence electrons. The summed E-state index contributed by atoms with van der Waals surface area (Å²) in [6, 6.07) is 15.1. The number of oxazole rings is 1. The predicted molar refractivity (Wildman–Crippen MR) is 122 cm³/mol. The first kappa shape index (κ1) is 21.1. The highest BCUT2D eigenvalue weighted by Gasteiger charge is 2.41. The zero-order valence-corrected chi connectivity index (χ0v) is 18.8. The Morgan fingerprint density at radius 2 is 1.88 bits per heavy atom. The number of para-hydroxylation sites is 1. The number of ether oxygens (including phenoxy) is 2. The van der Waals surface area contributed by atoms with Gasteiger partial charge in [0.1, 0.15) is 29.0 Å². The third-order valence-corrected chi connectivity index (χ3v) is 6.14. The summed E-state index contributed by atoms with van der Waals surface area (Å²) in [6.45, 7) is 2.22. The third kappa shape index (κ3) is 3.93. The molecule has 2 aliphatic rings. The third-order valence-electron chi connectivity index (χ3n) is 6.14. The summed E-state index contributed by atoms with van der Waals surface area (Å²) >= 11 is 0. The Morgan fingerprint density at radius 3 is 2.64 bits per heavy atom. The zero-order chi connectivity index (χ0) is 22.9. The molecule has 0 bridgehead atoms. The quantitative estimate of drug-likeness (QED) is 0.617. The highest BCUT2D eigenvalue weighted by Crippen LogP contribution is 2.35. The first-order valence-corrected chi connectivity index (χ1v) is 10.8. The van der Waals surface area contributed by atoms with Crippen LogP contribution in [0.1, 0.15) is 29.5 Å². The molecule has 1 amide bonds. The number of nitrogens with one attached hydrogen (secondary N) is 1. The molecule has 33 heavy (non-hydrogen) atoms. The first-order chi connectivity index (χ1) is 16.1. The lowest BCUT2D eigenvalue weighted by molar-refractivity contribution is -0.135. The van der Waals surface area contributed by atoms with E-state index in [4.69, 9.17) is 13.9 Å². The van der Waals surface area contributed by atoms with E-state index >= 15 is 0 Å². The average molecular weight is 447 g/mol. The van der Waals surface area contributed by atoms with Gasteiger partial charge in [-0.25, -0.2) is 10.4 Å². The van der Waals surface area contributed by atoms with Gasteiger partial charge in [0.15, 0.2) is 0 Å². The second-order valence-electron chi connectivity index (χ2n) is 8.10. The molecule has 0 saturated carbocycles. The number of amides is 1. The fourth-order valence-corrected chi connectivity index (χ4v) is 4.32. The lowest BCUT2D eigenvalue weighted by Crippen LogP contribution is -2.47. The molecular weight excluding hydrogens is 420 g/mol. The van der Waals surface area contributed by atoms with Crippen LogP contribution in [0.5, 0.6) is 11.5 Å². The minimum absolute atomic E-state index is 0.00448. The van der Waals surface area contributed by atoms with Crippen molar-refractivity contribution in [1.82, 2.24) is 20.3 Å². The molecule has 0 radical (unpaired) electrons. The average Bonchev–Trinajstić information content (AvgIpc) is 3.45. The number of carbonyl (C=O) groups is 1. The Morgan fingerprint density at radius 1 is 1.09 bits per heavy atom. The lowest BCUT2D eigenvalue weighted by atomic mass is 10.00. The van der Waals surface area contributed by atoms with Gasteiger partial charge in [-0.1, -0.05) is 18.2 Å². The van der Waals surface area contributed by atoms with Gasteiger partial charge in [0.25, 0.3) is 5.91 Å². The highest BCUT2D eigenvalue weighted by molar-refractivity contribution is 5.84. The van der Waals surface area contributed by atoms with Gasteiger partial charge in [0.05, 0.1) is 26.8 Å². The smallest absolute Gasteiger partial charge is 0.251 e. The first-order valence-electron chi connectivity index (χ1n) is 10.8. The van der Waals surface area contributed by atoms with Crippen LogP contribution >= 0.6 is 0 Å². The number of benzene rings is 2. The van der Waals surface area contributed by atoms with Crippen molar-refractivity contribution < 1.29 is 18.7 Å². The summed E-state index contributed by atoms with van der Waals surface area (Å²) in [4.78, 5) is 19.6. The van der Waals surface area contributed by atoms with E-state index in [0.717, 1.165) is 28.3 Å². The number of carbonyl (C=O) groups excluding carboxylic acids is 1. The second-order valence-corrected chi connectivity index (χ2v) is 8.10. The predicted octanol–water partition coefficient (Wildman–Crippen LogP) is 3.80. The van der Waals surface area contributed by atoms with Crippen LogP contribution in [-0.4, -0.2) is 41.1 Å². The van der Waals surface area contributed by atoms with E-state index in [9.17, 15) is 4.79 Å². The van der Waals surface area contributed by atoms with Crippen molar-refractivity contribution in [2.75, 3.05) is 14.2 Å². The molecular formula is C25H26N4O4. The van der Waals surface area contributed by atoms with E-state index in [2.05, 4.69) is 10.4 Å². The number of rotatable bonds is 6. The van der Waals surface area contributed by atoms with Crippen molar-refractivity contribution in [3.8, 4) is 23.0 Å². The molecule has 1 N–H and O–H groups in total. The van der Waals surface area contributed by atoms with E-state index in [1.165, 1.54) is 0 Å². The Bertz CT molecular complexity index is 1190. The van der Waals surface area contributed by atoms with Crippen LogP contribution in [0.15, 0.2) is 65.3 Å². The normalized spacial score (nSPS) is 19.7. The number of nitrogens with zero attached hydrogens (tertiary/aromatic N) is 3. The molecule has 2 unspecified atom stereocenters. The molecule has 2 atom stereocenters. The number of aromatic nitrogens is 1. The molecule has 2 aliphatic heterocycles. The van der Waals surface area contributed by atoms with Gasteiger partial charge in [0, 0.05) is 23.5 Å². The summed E-state index contributed by atoms with van der Waals surface area (Å²) in [7, 11) is 3.29. The van der Waals surface area contributed by atoms with Crippen LogP contribution in [0, 0.1) is 6.92 Å². The van der Waals surface area contributed by atoms with Crippen LogP contribution in [0.25, 0.3) is 11.5 Å². The Kier molecular flexibility index (Phi) is 5.51. The van der Waals surface area contributed by atoms with Crippen LogP contribution in [-0.2, 0) is 11.3 Å². The molecule has 8 nitrogen and oxygen atoms in total. The van der Waals surface area contributed by atoms with E-state index < -0.39 is 0 Å². The molecule has 0 aliphatic carbocycles. The number of aryl methyl sites for hydroxylation is 1. The van der Waals surface area contributed by atoms with Crippen LogP contribution in [0.2, 0.25) is 0 Å². The van der Waals surface area contributed by atoms with Crippen molar-refractivity contribution >= 4 is 5.91 Å². The van der Waals surface area contributed by atoms with E-state index in [-0.39, 0.29) is 18.0 Å². The van der Waals surface area contributed by atoms with Crippen molar-refractivity contribution in [2.45, 2.75) is 32.0 Å². The lowest BCUT2D eigenvalue weighted by Gasteiger charge is -2.31. The zero-order valence-electron chi connectivity index (χ0n) is 18.8. The minimum atomic E-state index is -0.293. The number of hydrogen-bond donors (Lipinski definition) is 1. The SMILES string of the molecule is COc1ccc(-c2nc(CN3C=CN4NC(c5ccccc5OC)CC4C3=O)c(C)o2)cc1. The summed E-state index contributed by atoms with van der Waals surface area (Å²) < 4.78 is 16.6. The van der Waals surface area contributed by atoms with Crippen LogP contribution in [0.4, 0.5) is 0 Å². The fraction of sp³-hybridized carbons (Fsp3) is 0.280. The van der Waals surface area contributed by atoms with E-state index in [1.807, 2.05) is 66.7 Å². The Balaban J connectivity index is 1.31. The Hall–Kier alpha value is -3.78. The van der Waals surface area contributed by atoms with Crippen LogP contribution in [0.3, 0.4) is 0 Å². The topological polar surface area (TPSA) is 80.1 Å². The number of fused-ring (bicyclic) bond motifs is 1. The minimum Gasteiger partial charge on any atom is -0.497 e. The van der Waals surface area contributed by atoms with Gasteiger partial charge in [0.2, 0.25) is 5.89 Å². The van der Waals surface area contributed by atoms with E-state index in [1.54, 1.807) is 25.3 Å². The van der Waals surface area contributed by atoms with Crippen LogP contribution < -0.4 is 14.9 Å². The van der Waals surface area contributed by atoms with E-state index in [0.29, 0.717) is 24.6 Å². The molecule has 1 aromatic heterocycles. The standard InChI is InChI=1S/C25H26N4O4/c1-16-21(26-24(33-16)17-8-10-18(31-2)11-9-17)15-28-12-13-29-22(25(28)30)14-20(27-29)19-6-4-5-7-23(19)32-3/h4-13,20,22,27H,14-15H2,1-3H3. The number of hydrazine groups is 1. The van der Waals surface area contributed by atoms with Crippen molar-refractivity contribution in [3.05, 3.63) is 77.9 Å². The highest BCUT2D eigenvalue weighted by atomic mass is 16.5. The molecule has 0 spiro atoms. The molecule has 2 aromatic carbocycles. The van der Waals surface area contributed by atoms with Gasteiger partial charge in [-0.3, -0.25) is 4.79 Å². The van der Waals surface area contributed by atoms with Crippen molar-refractivity contribution in [2.24, 2.45) is 0 Å². The van der Waals surface area contributed by atoms with Gasteiger partial charge >= 0.3 is 0 Å². The monoisotopic (exact) mass is 446 g/mol. The van der Waals surface area contributed by atoms with Gasteiger partial charge in [-0.05, 0) is 43.7 Å². The van der Waals surface area contributed by atoms with Gasteiger partial charge in [-0.2, -0.15) is 0 Å². The second kappa shape index (κ2) is 8.63. The maximum absolute atomic E-state index is 13.3. The number of methoxy groups -OCH3 is 2. The number of hydrogen-bond acceptors (Lipinski definition) is 7. The molecule has 5 rings (SSSR count). The molecule has 3 aromatic rings. The van der Waals surface area contributed by atoms with Crippen molar-refractivity contribution in [3.63, 3.8) is 0 Å². The summed E-state index contributed by atoms with van der Waals surface area (Å²) in [6.07, 6.45) is 4.34. The largest absolute Gasteiger partial charge is 0.497 e. The fourth-order valence-electron chi connectivity index (χ4n) is 4.32. The molecule has 1 saturated heterocycles. The maximum atomic E-state index is 13.3. The Labute approximate surface area is 192 Å². The van der Waals surface area contributed by atoms with Gasteiger partial charge < -0.3 is 23.8 Å². The maximum Gasteiger partial charge on any atom is 0.251 e. The molecule has 3 heterocycles. The summed E-state index contributed by atoms with van der Waals surface area (Å²) in [5, 5.41) is 1.88. The molecule has 8 heteroatoms. The molecule has 1 fully saturated rings.